The van der Waals surface area contributed by atoms with Crippen molar-refractivity contribution in [1.82, 2.24) is 4.90 Å². The Balaban J connectivity index is 1.39. The third-order valence-electron chi connectivity index (χ3n) is 5.13. The van der Waals surface area contributed by atoms with Crippen LogP contribution in [0, 0.1) is 21.7 Å². The SMILES string of the molecule is O=[N+]([O-])c1cc(F)c(F)cc1NC1CCCN(C[C@H]2COc3ccccc3O2)C1. The van der Waals surface area contributed by atoms with Crippen molar-refractivity contribution >= 4 is 11.4 Å². The molecule has 0 spiro atoms. The fourth-order valence-corrected chi connectivity index (χ4v) is 3.80. The molecule has 1 N–H and O–H groups in total. The van der Waals surface area contributed by atoms with Crippen LogP contribution in [0.5, 0.6) is 11.5 Å². The van der Waals surface area contributed by atoms with Gasteiger partial charge >= 0.3 is 0 Å². The van der Waals surface area contributed by atoms with Crippen LogP contribution in [0.3, 0.4) is 0 Å². The summed E-state index contributed by atoms with van der Waals surface area (Å²) in [6.07, 6.45) is 1.53. The quantitative estimate of drug-likeness (QED) is 0.605. The highest BCUT2D eigenvalue weighted by molar-refractivity contribution is 5.62. The minimum absolute atomic E-state index is 0.00747. The maximum atomic E-state index is 13.6. The summed E-state index contributed by atoms with van der Waals surface area (Å²) < 4.78 is 38.7. The lowest BCUT2D eigenvalue weighted by molar-refractivity contribution is -0.384. The summed E-state index contributed by atoms with van der Waals surface area (Å²) in [5, 5.41) is 14.2. The van der Waals surface area contributed by atoms with Gasteiger partial charge in [0.25, 0.3) is 5.69 Å². The number of nitrogens with one attached hydrogen (secondary N) is 1. The Hall–Kier alpha value is -2.94. The van der Waals surface area contributed by atoms with E-state index in [-0.39, 0.29) is 17.8 Å². The first-order valence-electron chi connectivity index (χ1n) is 9.50. The Morgan fingerprint density at radius 1 is 1.21 bits per heavy atom. The van der Waals surface area contributed by atoms with Gasteiger partial charge in [-0.15, -0.1) is 0 Å². The summed E-state index contributed by atoms with van der Waals surface area (Å²) in [7, 11) is 0. The number of likely N-dealkylation sites (tertiary alicyclic amines) is 1. The van der Waals surface area contributed by atoms with E-state index in [9.17, 15) is 18.9 Å². The van der Waals surface area contributed by atoms with Crippen LogP contribution < -0.4 is 14.8 Å². The summed E-state index contributed by atoms with van der Waals surface area (Å²) in [4.78, 5) is 12.7. The fourth-order valence-electron chi connectivity index (χ4n) is 3.80. The second-order valence-electron chi connectivity index (χ2n) is 7.28. The third-order valence-corrected chi connectivity index (χ3v) is 5.13. The summed E-state index contributed by atoms with van der Waals surface area (Å²) in [6.45, 7) is 2.56. The molecule has 7 nitrogen and oxygen atoms in total. The van der Waals surface area contributed by atoms with Crippen LogP contribution in [-0.2, 0) is 0 Å². The molecule has 0 aliphatic carbocycles. The van der Waals surface area contributed by atoms with E-state index in [4.69, 9.17) is 9.47 Å². The average molecular weight is 405 g/mol. The van der Waals surface area contributed by atoms with Crippen LogP contribution in [0.1, 0.15) is 12.8 Å². The van der Waals surface area contributed by atoms with Crippen LogP contribution in [-0.4, -0.2) is 48.2 Å². The van der Waals surface area contributed by atoms with Gasteiger partial charge in [-0.1, -0.05) is 12.1 Å². The number of fused-ring (bicyclic) bond motifs is 1. The molecule has 154 valence electrons. The Bertz CT molecular complexity index is 911. The maximum Gasteiger partial charge on any atom is 0.295 e. The van der Waals surface area contributed by atoms with Crippen molar-refractivity contribution in [2.24, 2.45) is 0 Å². The first kappa shape index (κ1) is 19.4. The molecule has 2 aliphatic rings. The number of halogens is 2. The van der Waals surface area contributed by atoms with Crippen LogP contribution in [0.15, 0.2) is 36.4 Å². The van der Waals surface area contributed by atoms with E-state index in [1.165, 1.54) is 0 Å². The van der Waals surface area contributed by atoms with Gasteiger partial charge in [0, 0.05) is 25.2 Å². The summed E-state index contributed by atoms with van der Waals surface area (Å²) >= 11 is 0. The summed E-state index contributed by atoms with van der Waals surface area (Å²) in [6, 6.07) is 8.85. The van der Waals surface area contributed by atoms with Gasteiger partial charge in [-0.3, -0.25) is 15.0 Å². The first-order chi connectivity index (χ1) is 14.0. The zero-order valence-corrected chi connectivity index (χ0v) is 15.6. The molecular weight excluding hydrogens is 384 g/mol. The molecule has 2 atom stereocenters. The number of benzene rings is 2. The molecular formula is C20H21F2N3O4. The summed E-state index contributed by atoms with van der Waals surface area (Å²) in [5.41, 5.74) is -0.478. The van der Waals surface area contributed by atoms with Crippen molar-refractivity contribution in [3.8, 4) is 11.5 Å². The van der Waals surface area contributed by atoms with E-state index in [1.807, 2.05) is 24.3 Å². The standard InChI is InChI=1S/C20H21F2N3O4/c21-15-8-17(18(25(26)27)9-16(15)22)23-13-4-3-7-24(10-13)11-14-12-28-19-5-1-2-6-20(19)29-14/h1-2,5-6,8-9,13-14,23H,3-4,7,10-12H2/t13?,14-/m0/s1. The van der Waals surface area contributed by atoms with E-state index in [2.05, 4.69) is 10.2 Å². The molecule has 9 heteroatoms. The Labute approximate surface area is 166 Å². The van der Waals surface area contributed by atoms with E-state index >= 15 is 0 Å². The minimum atomic E-state index is -1.23. The van der Waals surface area contributed by atoms with Crippen LogP contribution in [0.2, 0.25) is 0 Å². The molecule has 1 unspecified atom stereocenters. The van der Waals surface area contributed by atoms with Gasteiger partial charge in [0.05, 0.1) is 11.0 Å². The van der Waals surface area contributed by atoms with Gasteiger partial charge in [-0.25, -0.2) is 8.78 Å². The highest BCUT2D eigenvalue weighted by atomic mass is 19.2. The van der Waals surface area contributed by atoms with Crippen molar-refractivity contribution < 1.29 is 23.2 Å². The van der Waals surface area contributed by atoms with Gasteiger partial charge in [-0.05, 0) is 31.5 Å². The molecule has 2 aliphatic heterocycles. The molecule has 0 bridgehead atoms. The Morgan fingerprint density at radius 2 is 1.97 bits per heavy atom. The van der Waals surface area contributed by atoms with Crippen molar-refractivity contribution in [2.75, 3.05) is 31.6 Å². The topological polar surface area (TPSA) is 76.9 Å². The van der Waals surface area contributed by atoms with E-state index in [0.717, 1.165) is 31.2 Å². The average Bonchev–Trinajstić information content (AvgIpc) is 2.70. The lowest BCUT2D eigenvalue weighted by atomic mass is 10.0. The fraction of sp³-hybridized carbons (Fsp3) is 0.400. The molecule has 4 rings (SSSR count). The van der Waals surface area contributed by atoms with E-state index in [0.29, 0.717) is 31.5 Å². The zero-order valence-electron chi connectivity index (χ0n) is 15.6. The highest BCUT2D eigenvalue weighted by Gasteiger charge is 2.28. The molecule has 0 amide bonds. The van der Waals surface area contributed by atoms with Crippen LogP contribution in [0.25, 0.3) is 0 Å². The molecule has 1 saturated heterocycles. The predicted molar refractivity (Wildman–Crippen MR) is 102 cm³/mol. The smallest absolute Gasteiger partial charge is 0.295 e. The molecule has 29 heavy (non-hydrogen) atoms. The van der Waals surface area contributed by atoms with Crippen molar-refractivity contribution in [3.63, 3.8) is 0 Å². The second kappa shape index (κ2) is 8.20. The zero-order chi connectivity index (χ0) is 20.4. The number of ether oxygens (including phenoxy) is 2. The van der Waals surface area contributed by atoms with Gasteiger partial charge in [0.15, 0.2) is 23.1 Å². The van der Waals surface area contributed by atoms with Crippen LogP contribution >= 0.6 is 0 Å². The highest BCUT2D eigenvalue weighted by Crippen LogP contribution is 2.32. The van der Waals surface area contributed by atoms with Crippen molar-refractivity contribution in [1.29, 1.82) is 0 Å². The molecule has 0 aromatic heterocycles. The normalized spacial score (nSPS) is 21.6. The summed E-state index contributed by atoms with van der Waals surface area (Å²) in [5.74, 6) is -0.903. The monoisotopic (exact) mass is 405 g/mol. The van der Waals surface area contributed by atoms with E-state index in [1.54, 1.807) is 0 Å². The molecule has 2 aromatic carbocycles. The van der Waals surface area contributed by atoms with Gasteiger partial charge in [0.1, 0.15) is 18.4 Å². The lowest BCUT2D eigenvalue weighted by Crippen LogP contribution is -2.48. The molecule has 2 aromatic rings. The number of nitrogens with zero attached hydrogens (tertiary/aromatic N) is 2. The Kier molecular flexibility index (Phi) is 5.48. The maximum absolute atomic E-state index is 13.6. The van der Waals surface area contributed by atoms with Crippen molar-refractivity contribution in [2.45, 2.75) is 25.0 Å². The van der Waals surface area contributed by atoms with Gasteiger partial charge in [-0.2, -0.15) is 0 Å². The molecule has 0 saturated carbocycles. The molecule has 1 fully saturated rings. The number of para-hydroxylation sites is 2. The number of nitro groups is 1. The number of rotatable bonds is 5. The van der Waals surface area contributed by atoms with Crippen molar-refractivity contribution in [3.05, 3.63) is 58.1 Å². The number of hydrogen-bond acceptors (Lipinski definition) is 6. The van der Waals surface area contributed by atoms with Gasteiger partial charge < -0.3 is 14.8 Å². The van der Waals surface area contributed by atoms with Crippen LogP contribution in [0.4, 0.5) is 20.2 Å². The number of anilines is 1. The predicted octanol–water partition coefficient (Wildman–Crippen LogP) is 3.59. The first-order valence-corrected chi connectivity index (χ1v) is 9.50. The minimum Gasteiger partial charge on any atom is -0.486 e. The second-order valence-corrected chi connectivity index (χ2v) is 7.28. The molecule has 2 heterocycles. The number of hydrogen-bond donors (Lipinski definition) is 1. The number of piperidine rings is 1. The van der Waals surface area contributed by atoms with Gasteiger partial charge in [0.2, 0.25) is 0 Å². The molecule has 0 radical (unpaired) electrons. The Morgan fingerprint density at radius 3 is 2.76 bits per heavy atom. The lowest BCUT2D eigenvalue weighted by Gasteiger charge is -2.36. The number of nitro benzene ring substituents is 1. The largest absolute Gasteiger partial charge is 0.486 e. The van der Waals surface area contributed by atoms with E-state index < -0.39 is 22.2 Å². The third kappa shape index (κ3) is 4.40.